The van der Waals surface area contributed by atoms with E-state index in [1.54, 1.807) is 24.3 Å². The first kappa shape index (κ1) is 12.6. The number of carbonyl (C=O) groups excluding carboxylic acids is 1. The second-order valence-electron chi connectivity index (χ2n) is 3.67. The van der Waals surface area contributed by atoms with Crippen molar-refractivity contribution >= 4 is 33.2 Å². The molecule has 0 fully saturated rings. The van der Waals surface area contributed by atoms with E-state index in [-0.39, 0.29) is 5.69 Å². The summed E-state index contributed by atoms with van der Waals surface area (Å²) in [4.78, 5) is 11.9. The summed E-state index contributed by atoms with van der Waals surface area (Å²) in [5.74, 6) is -0.879. The van der Waals surface area contributed by atoms with Crippen LogP contribution in [0, 0.1) is 5.82 Å². The van der Waals surface area contributed by atoms with E-state index < -0.39 is 11.7 Å². The Bertz CT molecular complexity index is 601. The van der Waals surface area contributed by atoms with Gasteiger partial charge in [-0.25, -0.2) is 4.39 Å². The van der Waals surface area contributed by atoms with Gasteiger partial charge in [-0.3, -0.25) is 4.79 Å². The highest BCUT2D eigenvalue weighted by Crippen LogP contribution is 2.21. The van der Waals surface area contributed by atoms with Gasteiger partial charge < -0.3 is 11.1 Å². The minimum Gasteiger partial charge on any atom is -0.398 e. The van der Waals surface area contributed by atoms with Crippen molar-refractivity contribution in [1.82, 2.24) is 0 Å². The van der Waals surface area contributed by atoms with Crippen molar-refractivity contribution in [2.24, 2.45) is 0 Å². The molecule has 0 atom stereocenters. The number of hydrogen-bond donors (Lipinski definition) is 2. The van der Waals surface area contributed by atoms with Crippen LogP contribution in [0.3, 0.4) is 0 Å². The number of nitrogens with one attached hydrogen (secondary N) is 1. The van der Waals surface area contributed by atoms with Gasteiger partial charge in [0.05, 0.1) is 5.69 Å². The zero-order valence-electron chi connectivity index (χ0n) is 9.28. The number of hydrogen-bond acceptors (Lipinski definition) is 2. The number of nitrogens with two attached hydrogens (primary N) is 1. The van der Waals surface area contributed by atoms with Crippen LogP contribution in [0.5, 0.6) is 0 Å². The van der Waals surface area contributed by atoms with Crippen molar-refractivity contribution in [2.45, 2.75) is 0 Å². The summed E-state index contributed by atoms with van der Waals surface area (Å²) in [6, 6.07) is 10.8. The third-order valence-electron chi connectivity index (χ3n) is 2.38. The lowest BCUT2D eigenvalue weighted by Gasteiger charge is -2.07. The molecule has 0 unspecified atom stereocenters. The minimum atomic E-state index is -0.476. The van der Waals surface area contributed by atoms with Crippen molar-refractivity contribution in [3.63, 3.8) is 0 Å². The van der Waals surface area contributed by atoms with Crippen LogP contribution in [0.2, 0.25) is 0 Å². The summed E-state index contributed by atoms with van der Waals surface area (Å²) < 4.78 is 14.1. The number of rotatable bonds is 2. The van der Waals surface area contributed by atoms with Gasteiger partial charge in [-0.2, -0.15) is 0 Å². The SMILES string of the molecule is Nc1cc(C(=O)Nc2ccccc2F)ccc1Br. The van der Waals surface area contributed by atoms with E-state index in [2.05, 4.69) is 21.2 Å². The lowest BCUT2D eigenvalue weighted by atomic mass is 10.2. The fraction of sp³-hybridized carbons (Fsp3) is 0. The van der Waals surface area contributed by atoms with Crippen molar-refractivity contribution in [1.29, 1.82) is 0 Å². The summed E-state index contributed by atoms with van der Waals surface area (Å²) in [6.45, 7) is 0. The molecule has 3 N–H and O–H groups in total. The topological polar surface area (TPSA) is 55.1 Å². The summed E-state index contributed by atoms with van der Waals surface area (Å²) in [5.41, 5.74) is 6.65. The third kappa shape index (κ3) is 2.68. The Kier molecular flexibility index (Phi) is 3.62. The molecule has 0 saturated carbocycles. The first-order valence-corrected chi connectivity index (χ1v) is 5.98. The molecule has 0 aromatic heterocycles. The molecule has 5 heteroatoms. The van der Waals surface area contributed by atoms with Crippen LogP contribution in [0.25, 0.3) is 0 Å². The molecule has 2 rings (SSSR count). The summed E-state index contributed by atoms with van der Waals surface area (Å²) in [7, 11) is 0. The monoisotopic (exact) mass is 308 g/mol. The molecule has 2 aromatic carbocycles. The van der Waals surface area contributed by atoms with E-state index in [0.717, 1.165) is 0 Å². The Morgan fingerprint density at radius 1 is 1.22 bits per heavy atom. The van der Waals surface area contributed by atoms with Gasteiger partial charge in [0.15, 0.2) is 0 Å². The number of anilines is 2. The molecule has 0 spiro atoms. The van der Waals surface area contributed by atoms with Crippen LogP contribution in [0.15, 0.2) is 46.9 Å². The fourth-order valence-electron chi connectivity index (χ4n) is 1.44. The van der Waals surface area contributed by atoms with Crippen LogP contribution in [-0.4, -0.2) is 5.91 Å². The molecule has 0 radical (unpaired) electrons. The highest BCUT2D eigenvalue weighted by atomic mass is 79.9. The molecule has 92 valence electrons. The highest BCUT2D eigenvalue weighted by Gasteiger charge is 2.09. The van der Waals surface area contributed by atoms with Crippen LogP contribution in [0.1, 0.15) is 10.4 Å². The molecular weight excluding hydrogens is 299 g/mol. The summed E-state index contributed by atoms with van der Waals surface area (Å²) in [5, 5.41) is 2.49. The van der Waals surface area contributed by atoms with Gasteiger partial charge in [0, 0.05) is 15.7 Å². The van der Waals surface area contributed by atoms with Crippen LogP contribution in [0.4, 0.5) is 15.8 Å². The normalized spacial score (nSPS) is 10.1. The number of amides is 1. The van der Waals surface area contributed by atoms with E-state index in [1.807, 2.05) is 0 Å². The molecule has 2 aromatic rings. The predicted molar refractivity (Wildman–Crippen MR) is 72.9 cm³/mol. The Morgan fingerprint density at radius 2 is 1.94 bits per heavy atom. The van der Waals surface area contributed by atoms with E-state index in [9.17, 15) is 9.18 Å². The molecule has 1 amide bonds. The largest absolute Gasteiger partial charge is 0.398 e. The van der Waals surface area contributed by atoms with Crippen LogP contribution >= 0.6 is 15.9 Å². The van der Waals surface area contributed by atoms with Gasteiger partial charge in [-0.05, 0) is 46.3 Å². The minimum absolute atomic E-state index is 0.143. The molecule has 0 saturated heterocycles. The number of halogens is 2. The maximum Gasteiger partial charge on any atom is 0.255 e. The van der Waals surface area contributed by atoms with Crippen molar-refractivity contribution in [2.75, 3.05) is 11.1 Å². The predicted octanol–water partition coefficient (Wildman–Crippen LogP) is 3.42. The zero-order valence-corrected chi connectivity index (χ0v) is 10.9. The molecule has 0 aliphatic carbocycles. The lowest BCUT2D eigenvalue weighted by Crippen LogP contribution is -2.13. The van der Waals surface area contributed by atoms with Crippen LogP contribution < -0.4 is 11.1 Å². The van der Waals surface area contributed by atoms with Gasteiger partial charge in [0.2, 0.25) is 0 Å². The van der Waals surface area contributed by atoms with Crippen LogP contribution in [-0.2, 0) is 0 Å². The second kappa shape index (κ2) is 5.18. The standard InChI is InChI=1S/C13H10BrFN2O/c14-9-6-5-8(7-11(9)16)13(18)17-12-4-2-1-3-10(12)15/h1-7H,16H2,(H,17,18). The summed E-state index contributed by atoms with van der Waals surface area (Å²) >= 11 is 3.24. The average Bonchev–Trinajstić information content (AvgIpc) is 2.35. The fourth-order valence-corrected chi connectivity index (χ4v) is 1.69. The molecule has 0 bridgehead atoms. The third-order valence-corrected chi connectivity index (χ3v) is 3.10. The second-order valence-corrected chi connectivity index (χ2v) is 4.52. The number of benzene rings is 2. The molecule has 0 aliphatic rings. The molecule has 0 aliphatic heterocycles. The van der Waals surface area contributed by atoms with Gasteiger partial charge in [0.25, 0.3) is 5.91 Å². The van der Waals surface area contributed by atoms with Gasteiger partial charge >= 0.3 is 0 Å². The van der Waals surface area contributed by atoms with Crippen molar-refractivity contribution in [3.8, 4) is 0 Å². The highest BCUT2D eigenvalue weighted by molar-refractivity contribution is 9.10. The molecular formula is C13H10BrFN2O. The maximum absolute atomic E-state index is 13.4. The maximum atomic E-state index is 13.4. The summed E-state index contributed by atoms with van der Waals surface area (Å²) in [6.07, 6.45) is 0. The Labute approximate surface area is 112 Å². The van der Waals surface area contributed by atoms with Gasteiger partial charge in [0.1, 0.15) is 5.82 Å². The van der Waals surface area contributed by atoms with E-state index in [1.165, 1.54) is 18.2 Å². The zero-order chi connectivity index (χ0) is 13.1. The van der Waals surface area contributed by atoms with Crippen molar-refractivity contribution in [3.05, 3.63) is 58.3 Å². The van der Waals surface area contributed by atoms with E-state index in [0.29, 0.717) is 15.7 Å². The van der Waals surface area contributed by atoms with E-state index in [4.69, 9.17) is 5.73 Å². The smallest absolute Gasteiger partial charge is 0.255 e. The average molecular weight is 309 g/mol. The Hall–Kier alpha value is -1.88. The Balaban J connectivity index is 2.22. The lowest BCUT2D eigenvalue weighted by molar-refractivity contribution is 0.102. The van der Waals surface area contributed by atoms with Gasteiger partial charge in [-0.15, -0.1) is 0 Å². The first-order valence-electron chi connectivity index (χ1n) is 5.19. The quantitative estimate of drug-likeness (QED) is 0.835. The van der Waals surface area contributed by atoms with Gasteiger partial charge in [-0.1, -0.05) is 12.1 Å². The van der Waals surface area contributed by atoms with Crippen molar-refractivity contribution < 1.29 is 9.18 Å². The molecule has 0 heterocycles. The number of carbonyl (C=O) groups is 1. The number of nitrogen functional groups attached to an aromatic ring is 1. The first-order chi connectivity index (χ1) is 8.58. The Morgan fingerprint density at radius 3 is 2.61 bits per heavy atom. The van der Waals surface area contributed by atoms with E-state index >= 15 is 0 Å². The molecule has 3 nitrogen and oxygen atoms in total. The number of para-hydroxylation sites is 1. The molecule has 18 heavy (non-hydrogen) atoms.